The minimum Gasteiger partial charge on any atom is -0.339 e. The number of halogens is 1. The Morgan fingerprint density at radius 2 is 2.19 bits per heavy atom. The van der Waals surface area contributed by atoms with Crippen molar-refractivity contribution in [2.24, 2.45) is 5.92 Å². The molecular weight excluding hydrogens is 350 g/mol. The Hall–Kier alpha value is -2.38. The highest BCUT2D eigenvalue weighted by atomic mass is 35.5. The van der Waals surface area contributed by atoms with Gasteiger partial charge in [0.05, 0.1) is 17.9 Å². The second-order valence-electron chi connectivity index (χ2n) is 6.91. The van der Waals surface area contributed by atoms with Crippen LogP contribution in [0.2, 0.25) is 5.02 Å². The van der Waals surface area contributed by atoms with Gasteiger partial charge in [0.25, 0.3) is 0 Å². The van der Waals surface area contributed by atoms with Crippen LogP contribution in [0.5, 0.6) is 0 Å². The minimum atomic E-state index is 0.433. The molecule has 1 aliphatic heterocycles. The van der Waals surface area contributed by atoms with Crippen molar-refractivity contribution < 1.29 is 0 Å². The molecule has 1 aromatic carbocycles. The number of benzene rings is 1. The maximum absolute atomic E-state index is 6.32. The van der Waals surface area contributed by atoms with Gasteiger partial charge in [0.1, 0.15) is 5.02 Å². The number of anilines is 3. The van der Waals surface area contributed by atoms with E-state index in [0.717, 1.165) is 36.2 Å². The smallest absolute Gasteiger partial charge is 0.227 e. The third-order valence-electron chi connectivity index (χ3n) is 4.73. The summed E-state index contributed by atoms with van der Waals surface area (Å²) in [6.07, 6.45) is 3.45. The van der Waals surface area contributed by atoms with Crippen molar-refractivity contribution in [3.63, 3.8) is 0 Å². The largest absolute Gasteiger partial charge is 0.339 e. The normalized spacial score (nSPS) is 17.8. The Labute approximate surface area is 157 Å². The van der Waals surface area contributed by atoms with E-state index < -0.39 is 0 Å². The lowest BCUT2D eigenvalue weighted by molar-refractivity contribution is 0.366. The Bertz CT molecular complexity index is 907. The minimum absolute atomic E-state index is 0.433. The quantitative estimate of drug-likeness (QED) is 0.653. The average Bonchev–Trinajstić information content (AvgIpc) is 3.11. The highest BCUT2D eigenvalue weighted by Crippen LogP contribution is 2.27. The van der Waals surface area contributed by atoms with Crippen molar-refractivity contribution in [2.45, 2.75) is 19.9 Å². The lowest BCUT2D eigenvalue weighted by Gasteiger charge is -2.35. The molecule has 1 fully saturated rings. The van der Waals surface area contributed by atoms with Gasteiger partial charge in [-0.1, -0.05) is 25.4 Å². The van der Waals surface area contributed by atoms with Crippen LogP contribution in [0.25, 0.3) is 10.9 Å². The Morgan fingerprint density at radius 1 is 1.31 bits per heavy atom. The first-order valence-electron chi connectivity index (χ1n) is 8.81. The number of H-pyrrole nitrogens is 1. The molecule has 3 N–H and O–H groups in total. The van der Waals surface area contributed by atoms with Gasteiger partial charge in [0, 0.05) is 36.7 Å². The van der Waals surface area contributed by atoms with Crippen LogP contribution in [-0.2, 0) is 0 Å². The molecule has 1 saturated heterocycles. The van der Waals surface area contributed by atoms with E-state index in [9.17, 15) is 0 Å². The summed E-state index contributed by atoms with van der Waals surface area (Å²) in [5.74, 6) is 1.87. The van der Waals surface area contributed by atoms with Crippen molar-refractivity contribution in [2.75, 3.05) is 29.9 Å². The maximum Gasteiger partial charge on any atom is 0.227 e. The van der Waals surface area contributed by atoms with Gasteiger partial charge < -0.3 is 15.5 Å². The van der Waals surface area contributed by atoms with Crippen molar-refractivity contribution >= 4 is 40.0 Å². The highest BCUT2D eigenvalue weighted by molar-refractivity contribution is 6.32. The lowest BCUT2D eigenvalue weighted by atomic mass is 10.0. The van der Waals surface area contributed by atoms with E-state index in [-0.39, 0.29) is 0 Å². The Morgan fingerprint density at radius 3 is 3.04 bits per heavy atom. The molecule has 0 bridgehead atoms. The number of aromatic nitrogens is 4. The predicted molar refractivity (Wildman–Crippen MR) is 105 cm³/mol. The van der Waals surface area contributed by atoms with Crippen LogP contribution in [0, 0.1) is 5.92 Å². The molecule has 4 rings (SSSR count). The summed E-state index contributed by atoms with van der Waals surface area (Å²) in [6.45, 7) is 7.14. The van der Waals surface area contributed by atoms with E-state index in [4.69, 9.17) is 11.6 Å². The van der Waals surface area contributed by atoms with Gasteiger partial charge in [-0.3, -0.25) is 5.10 Å². The van der Waals surface area contributed by atoms with Gasteiger partial charge in [-0.15, -0.1) is 0 Å². The molecule has 3 aromatic rings. The van der Waals surface area contributed by atoms with E-state index >= 15 is 0 Å². The van der Waals surface area contributed by atoms with Crippen molar-refractivity contribution in [1.29, 1.82) is 0 Å². The molecule has 26 heavy (non-hydrogen) atoms. The molecule has 1 atom stereocenters. The zero-order valence-electron chi connectivity index (χ0n) is 14.8. The predicted octanol–water partition coefficient (Wildman–Crippen LogP) is 3.18. The zero-order chi connectivity index (χ0) is 18.1. The first-order chi connectivity index (χ1) is 12.6. The van der Waals surface area contributed by atoms with Crippen LogP contribution in [-0.4, -0.2) is 45.8 Å². The Balaban J connectivity index is 1.57. The van der Waals surface area contributed by atoms with Gasteiger partial charge in [0.2, 0.25) is 5.95 Å². The molecule has 0 spiro atoms. The highest BCUT2D eigenvalue weighted by Gasteiger charge is 2.24. The fourth-order valence-corrected chi connectivity index (χ4v) is 3.30. The topological polar surface area (TPSA) is 81.8 Å². The second kappa shape index (κ2) is 7.09. The SMILES string of the molecule is CC(C)C1CN(c2ncc(Cl)c(Nc3ccc4[nH]ncc4c3)n2)CCN1. The van der Waals surface area contributed by atoms with Crippen LogP contribution in [0.4, 0.5) is 17.5 Å². The van der Waals surface area contributed by atoms with Crippen LogP contribution in [0.15, 0.2) is 30.6 Å². The van der Waals surface area contributed by atoms with Gasteiger partial charge in [-0.25, -0.2) is 4.98 Å². The molecule has 0 saturated carbocycles. The van der Waals surface area contributed by atoms with Gasteiger partial charge >= 0.3 is 0 Å². The van der Waals surface area contributed by atoms with Crippen LogP contribution in [0.1, 0.15) is 13.8 Å². The molecule has 0 aliphatic carbocycles. The van der Waals surface area contributed by atoms with E-state index in [1.807, 2.05) is 18.2 Å². The molecule has 0 radical (unpaired) electrons. The molecule has 3 heterocycles. The van der Waals surface area contributed by atoms with Crippen molar-refractivity contribution in [3.05, 3.63) is 35.6 Å². The summed E-state index contributed by atoms with van der Waals surface area (Å²) >= 11 is 6.32. The third-order valence-corrected chi connectivity index (χ3v) is 5.00. The fraction of sp³-hybridized carbons (Fsp3) is 0.389. The van der Waals surface area contributed by atoms with Crippen molar-refractivity contribution in [3.8, 4) is 0 Å². The molecular formula is C18H22ClN7. The van der Waals surface area contributed by atoms with E-state index in [1.54, 1.807) is 12.4 Å². The van der Waals surface area contributed by atoms with Gasteiger partial charge in [-0.2, -0.15) is 10.1 Å². The number of nitrogens with one attached hydrogen (secondary N) is 3. The first-order valence-corrected chi connectivity index (χ1v) is 9.19. The van der Waals surface area contributed by atoms with Crippen LogP contribution >= 0.6 is 11.6 Å². The van der Waals surface area contributed by atoms with E-state index in [1.165, 1.54) is 0 Å². The standard InChI is InChI=1S/C18H22ClN7/c1-11(2)16-10-26(6-5-20-16)18-21-9-14(19)17(24-18)23-13-3-4-15-12(7-13)8-22-25-15/h3-4,7-9,11,16,20H,5-6,10H2,1-2H3,(H,22,25)(H,21,23,24). The summed E-state index contributed by atoms with van der Waals surface area (Å²) in [5, 5.41) is 15.4. The molecule has 8 heteroatoms. The summed E-state index contributed by atoms with van der Waals surface area (Å²) < 4.78 is 0. The number of rotatable bonds is 4. The number of aromatic amines is 1. The molecule has 136 valence electrons. The molecule has 0 amide bonds. The molecule has 7 nitrogen and oxygen atoms in total. The molecule has 1 aliphatic rings. The summed E-state index contributed by atoms with van der Waals surface area (Å²) in [7, 11) is 0. The summed E-state index contributed by atoms with van der Waals surface area (Å²) in [6, 6.07) is 6.39. The zero-order valence-corrected chi connectivity index (χ0v) is 15.6. The van der Waals surface area contributed by atoms with Crippen molar-refractivity contribution in [1.82, 2.24) is 25.5 Å². The third kappa shape index (κ3) is 3.45. The number of hydrogen-bond donors (Lipinski definition) is 3. The van der Waals surface area contributed by atoms with E-state index in [2.05, 4.69) is 49.5 Å². The molecule has 1 unspecified atom stereocenters. The summed E-state index contributed by atoms with van der Waals surface area (Å²) in [4.78, 5) is 11.3. The Kier molecular flexibility index (Phi) is 4.65. The van der Waals surface area contributed by atoms with E-state index in [0.29, 0.717) is 28.7 Å². The molecule has 2 aromatic heterocycles. The maximum atomic E-state index is 6.32. The lowest BCUT2D eigenvalue weighted by Crippen LogP contribution is -2.53. The number of piperazine rings is 1. The summed E-state index contributed by atoms with van der Waals surface area (Å²) in [5.41, 5.74) is 1.90. The number of nitrogens with zero attached hydrogens (tertiary/aromatic N) is 4. The number of fused-ring (bicyclic) bond motifs is 1. The second-order valence-corrected chi connectivity index (χ2v) is 7.32. The van der Waals surface area contributed by atoms with Gasteiger partial charge in [0.15, 0.2) is 5.82 Å². The van der Waals surface area contributed by atoms with Gasteiger partial charge in [-0.05, 0) is 24.1 Å². The number of hydrogen-bond acceptors (Lipinski definition) is 6. The first kappa shape index (κ1) is 17.1. The fourth-order valence-electron chi connectivity index (χ4n) is 3.16. The average molecular weight is 372 g/mol. The van der Waals surface area contributed by atoms with Crippen LogP contribution in [0.3, 0.4) is 0 Å². The van der Waals surface area contributed by atoms with Crippen LogP contribution < -0.4 is 15.5 Å². The monoisotopic (exact) mass is 371 g/mol.